The highest BCUT2D eigenvalue weighted by Gasteiger charge is 2.22. The van der Waals surface area contributed by atoms with E-state index < -0.39 is 6.04 Å². The molecule has 1 aliphatic heterocycles. The molecule has 7 nitrogen and oxygen atoms in total. The van der Waals surface area contributed by atoms with E-state index in [0.29, 0.717) is 5.82 Å². The van der Waals surface area contributed by atoms with Gasteiger partial charge in [0.2, 0.25) is 11.7 Å². The molecule has 0 aliphatic carbocycles. The molecule has 1 unspecified atom stereocenters. The number of carbonyl (C=O) groups is 1. The van der Waals surface area contributed by atoms with Crippen LogP contribution in [0.2, 0.25) is 0 Å². The Labute approximate surface area is 141 Å². The molecule has 1 aliphatic rings. The minimum atomic E-state index is -0.472. The third-order valence-corrected chi connectivity index (χ3v) is 3.87. The maximum atomic E-state index is 12.3. The summed E-state index contributed by atoms with van der Waals surface area (Å²) >= 11 is 0. The van der Waals surface area contributed by atoms with Gasteiger partial charge in [-0.15, -0.1) is 22.6 Å². The van der Waals surface area contributed by atoms with Gasteiger partial charge >= 0.3 is 0 Å². The van der Waals surface area contributed by atoms with E-state index >= 15 is 0 Å². The Balaban J connectivity index is 0.00000192. The van der Waals surface area contributed by atoms with Crippen LogP contribution in [0.4, 0.5) is 0 Å². The van der Waals surface area contributed by atoms with Crippen molar-refractivity contribution < 1.29 is 4.79 Å². The number of benzene rings is 1. The van der Waals surface area contributed by atoms with Gasteiger partial charge in [-0.05, 0) is 38.1 Å². The quantitative estimate of drug-likeness (QED) is 0.876. The summed E-state index contributed by atoms with van der Waals surface area (Å²) in [5, 5.41) is 18.7. The summed E-state index contributed by atoms with van der Waals surface area (Å²) in [5.74, 6) is 0.464. The van der Waals surface area contributed by atoms with Gasteiger partial charge in [0.05, 0.1) is 0 Å². The average Bonchev–Trinajstić information content (AvgIpc) is 3.06. The number of amides is 1. The molecule has 8 heteroatoms. The fourth-order valence-corrected chi connectivity index (χ4v) is 2.48. The van der Waals surface area contributed by atoms with Crippen LogP contribution in [-0.4, -0.2) is 45.2 Å². The molecule has 2 N–H and O–H groups in total. The Morgan fingerprint density at radius 2 is 2.00 bits per heavy atom. The van der Waals surface area contributed by atoms with Crippen molar-refractivity contribution in [3.8, 4) is 11.4 Å². The van der Waals surface area contributed by atoms with Gasteiger partial charge < -0.3 is 10.6 Å². The molecule has 2 heterocycles. The first-order chi connectivity index (χ1) is 10.7. The first kappa shape index (κ1) is 17.4. The summed E-state index contributed by atoms with van der Waals surface area (Å²) in [4.78, 5) is 13.7. The molecule has 1 atom stereocenters. The highest BCUT2D eigenvalue weighted by molar-refractivity contribution is 5.85. The monoisotopic (exact) mass is 336 g/mol. The zero-order valence-electron chi connectivity index (χ0n) is 13.0. The van der Waals surface area contributed by atoms with E-state index in [1.807, 2.05) is 30.3 Å². The predicted molar refractivity (Wildman–Crippen MR) is 89.2 cm³/mol. The Morgan fingerprint density at radius 1 is 1.30 bits per heavy atom. The van der Waals surface area contributed by atoms with E-state index in [1.54, 1.807) is 6.92 Å². The third-order valence-electron chi connectivity index (χ3n) is 3.87. The molecule has 1 saturated heterocycles. The Hall–Kier alpha value is -1.99. The summed E-state index contributed by atoms with van der Waals surface area (Å²) in [7, 11) is 0. The number of nitrogens with one attached hydrogen (secondary N) is 2. The number of rotatable bonds is 4. The standard InChI is InChI=1S/C15H20N6O.ClH/c1-11(15(22)17-13-7-9-16-10-8-13)21-19-14(18-20-21)12-5-3-2-4-6-12;/h2-6,11,13,16H,7-10H2,1H3,(H,17,22);1H. The molecule has 1 aromatic carbocycles. The molecule has 2 aromatic rings. The number of tetrazole rings is 1. The van der Waals surface area contributed by atoms with Crippen molar-refractivity contribution >= 4 is 18.3 Å². The lowest BCUT2D eigenvalue weighted by Crippen LogP contribution is -2.45. The average molecular weight is 337 g/mol. The van der Waals surface area contributed by atoms with Crippen LogP contribution in [-0.2, 0) is 4.79 Å². The van der Waals surface area contributed by atoms with E-state index in [2.05, 4.69) is 26.0 Å². The molecule has 3 rings (SSSR count). The maximum absolute atomic E-state index is 12.3. The number of carbonyl (C=O) groups excluding carboxylic acids is 1. The van der Waals surface area contributed by atoms with Gasteiger partial charge in [-0.1, -0.05) is 30.3 Å². The van der Waals surface area contributed by atoms with E-state index in [-0.39, 0.29) is 24.4 Å². The van der Waals surface area contributed by atoms with Crippen molar-refractivity contribution in [2.75, 3.05) is 13.1 Å². The molecule has 0 radical (unpaired) electrons. The van der Waals surface area contributed by atoms with Crippen molar-refractivity contribution in [1.29, 1.82) is 0 Å². The van der Waals surface area contributed by atoms with Gasteiger partial charge in [0.1, 0.15) is 6.04 Å². The molecule has 0 spiro atoms. The Kier molecular flexibility index (Phi) is 6.06. The molecule has 1 amide bonds. The second-order valence-electron chi connectivity index (χ2n) is 5.51. The highest BCUT2D eigenvalue weighted by atomic mass is 35.5. The fourth-order valence-electron chi connectivity index (χ4n) is 2.48. The van der Waals surface area contributed by atoms with Crippen LogP contribution in [0.1, 0.15) is 25.8 Å². The summed E-state index contributed by atoms with van der Waals surface area (Å²) in [5.41, 5.74) is 0.889. The first-order valence-electron chi connectivity index (χ1n) is 7.60. The van der Waals surface area contributed by atoms with Gasteiger partial charge in [-0.3, -0.25) is 4.79 Å². The number of aromatic nitrogens is 4. The molecule has 0 bridgehead atoms. The SMILES string of the molecule is CC(C(=O)NC1CCNCC1)n1nnc(-c2ccccc2)n1.Cl. The van der Waals surface area contributed by atoms with Crippen LogP contribution >= 0.6 is 12.4 Å². The van der Waals surface area contributed by atoms with Crippen LogP contribution in [0.3, 0.4) is 0 Å². The highest BCUT2D eigenvalue weighted by Crippen LogP contribution is 2.14. The smallest absolute Gasteiger partial charge is 0.246 e. The number of nitrogens with zero attached hydrogens (tertiary/aromatic N) is 4. The van der Waals surface area contributed by atoms with Gasteiger partial charge in [0.25, 0.3) is 0 Å². The predicted octanol–water partition coefficient (Wildman–Crippen LogP) is 1.19. The van der Waals surface area contributed by atoms with E-state index in [1.165, 1.54) is 4.80 Å². The van der Waals surface area contributed by atoms with E-state index in [9.17, 15) is 4.79 Å². The van der Waals surface area contributed by atoms with Gasteiger partial charge in [0.15, 0.2) is 0 Å². The van der Waals surface area contributed by atoms with Crippen LogP contribution in [0.15, 0.2) is 30.3 Å². The Bertz CT molecular complexity index is 626. The third kappa shape index (κ3) is 4.27. The summed E-state index contributed by atoms with van der Waals surface area (Å²) in [6.07, 6.45) is 1.91. The summed E-state index contributed by atoms with van der Waals surface area (Å²) in [6, 6.07) is 9.37. The Morgan fingerprint density at radius 3 is 2.70 bits per heavy atom. The van der Waals surface area contributed by atoms with Crippen molar-refractivity contribution in [3.63, 3.8) is 0 Å². The molecular formula is C15H21ClN6O. The summed E-state index contributed by atoms with van der Waals surface area (Å²) in [6.45, 7) is 3.67. The lowest BCUT2D eigenvalue weighted by molar-refractivity contribution is -0.125. The largest absolute Gasteiger partial charge is 0.351 e. The van der Waals surface area contributed by atoms with E-state index in [4.69, 9.17) is 0 Å². The zero-order valence-corrected chi connectivity index (χ0v) is 13.8. The second-order valence-corrected chi connectivity index (χ2v) is 5.51. The fraction of sp³-hybridized carbons (Fsp3) is 0.467. The van der Waals surface area contributed by atoms with Gasteiger partial charge in [-0.2, -0.15) is 4.80 Å². The number of piperidine rings is 1. The van der Waals surface area contributed by atoms with Crippen molar-refractivity contribution in [2.45, 2.75) is 31.8 Å². The van der Waals surface area contributed by atoms with Gasteiger partial charge in [0, 0.05) is 11.6 Å². The van der Waals surface area contributed by atoms with Gasteiger partial charge in [-0.25, -0.2) is 0 Å². The lowest BCUT2D eigenvalue weighted by Gasteiger charge is -2.24. The maximum Gasteiger partial charge on any atom is 0.246 e. The molecule has 1 fully saturated rings. The first-order valence-corrected chi connectivity index (χ1v) is 7.60. The number of hydrogen-bond donors (Lipinski definition) is 2. The van der Waals surface area contributed by atoms with Crippen LogP contribution in [0.25, 0.3) is 11.4 Å². The number of hydrogen-bond acceptors (Lipinski definition) is 5. The van der Waals surface area contributed by atoms with E-state index in [0.717, 1.165) is 31.5 Å². The topological polar surface area (TPSA) is 84.7 Å². The molecule has 23 heavy (non-hydrogen) atoms. The lowest BCUT2D eigenvalue weighted by atomic mass is 10.1. The molecule has 0 saturated carbocycles. The molecule has 124 valence electrons. The minimum Gasteiger partial charge on any atom is -0.351 e. The minimum absolute atomic E-state index is 0. The zero-order chi connectivity index (χ0) is 15.4. The molecular weight excluding hydrogens is 316 g/mol. The summed E-state index contributed by atoms with van der Waals surface area (Å²) < 4.78 is 0. The van der Waals surface area contributed by atoms with Crippen molar-refractivity contribution in [2.24, 2.45) is 0 Å². The van der Waals surface area contributed by atoms with Crippen LogP contribution < -0.4 is 10.6 Å². The van der Waals surface area contributed by atoms with Crippen LogP contribution in [0, 0.1) is 0 Å². The second kappa shape index (κ2) is 8.03. The van der Waals surface area contributed by atoms with Crippen LogP contribution in [0.5, 0.6) is 0 Å². The normalized spacial score (nSPS) is 16.4. The number of halogens is 1. The molecule has 1 aromatic heterocycles. The van der Waals surface area contributed by atoms with Crippen molar-refractivity contribution in [1.82, 2.24) is 30.8 Å². The van der Waals surface area contributed by atoms with Crippen molar-refractivity contribution in [3.05, 3.63) is 30.3 Å².